The third-order valence-corrected chi connectivity index (χ3v) is 6.43. The van der Waals surface area contributed by atoms with Gasteiger partial charge in [-0.3, -0.25) is 24.1 Å². The zero-order valence-electron chi connectivity index (χ0n) is 20.4. The minimum atomic E-state index is -0.839. The number of rotatable bonds is 9. The molecule has 1 aliphatic heterocycles. The lowest BCUT2D eigenvalue weighted by atomic mass is 10.1. The lowest BCUT2D eigenvalue weighted by Gasteiger charge is -2.32. The Balaban J connectivity index is 1.61. The third-order valence-electron chi connectivity index (χ3n) is 6.18. The standard InChI is InChI=1S/C28H26ClN3O5/c1-3-23(27(35)30-20-12-14-21(37-2)15-13-20)31(16-18-8-10-19(29)11-9-18)25(33)17-32-24-7-5-4-6-22(24)26(34)28(32)36/h4-15,23H,3,16-17H2,1-2H3,(H,30,35)/t23-/m1/s1. The molecule has 0 aromatic heterocycles. The smallest absolute Gasteiger partial charge is 0.299 e. The van der Waals surface area contributed by atoms with Gasteiger partial charge in [-0.2, -0.15) is 0 Å². The zero-order valence-corrected chi connectivity index (χ0v) is 21.2. The summed E-state index contributed by atoms with van der Waals surface area (Å²) in [6.45, 7) is 1.55. The molecule has 37 heavy (non-hydrogen) atoms. The highest BCUT2D eigenvalue weighted by atomic mass is 35.5. The van der Waals surface area contributed by atoms with E-state index in [1.165, 1.54) is 9.80 Å². The highest BCUT2D eigenvalue weighted by Gasteiger charge is 2.38. The molecule has 0 bridgehead atoms. The molecule has 1 N–H and O–H groups in total. The van der Waals surface area contributed by atoms with Gasteiger partial charge in [0, 0.05) is 17.3 Å². The van der Waals surface area contributed by atoms with Crippen LogP contribution in [0.15, 0.2) is 72.8 Å². The Kier molecular flexibility index (Phi) is 7.89. The van der Waals surface area contributed by atoms with Gasteiger partial charge in [-0.25, -0.2) is 0 Å². The number of carbonyl (C=O) groups excluding carboxylic acids is 4. The Hall–Kier alpha value is -4.17. The van der Waals surface area contributed by atoms with Crippen molar-refractivity contribution in [2.45, 2.75) is 25.9 Å². The predicted octanol–water partition coefficient (Wildman–Crippen LogP) is 4.32. The van der Waals surface area contributed by atoms with E-state index in [0.29, 0.717) is 28.6 Å². The fourth-order valence-corrected chi connectivity index (χ4v) is 4.36. The number of methoxy groups -OCH3 is 1. The van der Waals surface area contributed by atoms with Gasteiger partial charge in [0.15, 0.2) is 0 Å². The number of nitrogens with zero attached hydrogens (tertiary/aromatic N) is 2. The summed E-state index contributed by atoms with van der Waals surface area (Å²) in [6.07, 6.45) is 0.324. The first-order valence-corrected chi connectivity index (χ1v) is 12.1. The molecule has 1 aliphatic rings. The summed E-state index contributed by atoms with van der Waals surface area (Å²) in [6, 6.07) is 19.5. The van der Waals surface area contributed by atoms with Crippen molar-refractivity contribution in [2.75, 3.05) is 23.9 Å². The van der Waals surface area contributed by atoms with Crippen molar-refractivity contribution >= 4 is 46.5 Å². The number of hydrogen-bond acceptors (Lipinski definition) is 5. The number of nitrogens with one attached hydrogen (secondary N) is 1. The third kappa shape index (κ3) is 5.65. The molecule has 3 aromatic carbocycles. The number of halogens is 1. The van der Waals surface area contributed by atoms with E-state index >= 15 is 0 Å². The second-order valence-corrected chi connectivity index (χ2v) is 8.96. The highest BCUT2D eigenvalue weighted by Crippen LogP contribution is 2.29. The molecular formula is C28H26ClN3O5. The molecule has 0 saturated carbocycles. The van der Waals surface area contributed by atoms with Crippen LogP contribution in [-0.2, 0) is 20.9 Å². The molecule has 0 saturated heterocycles. The van der Waals surface area contributed by atoms with Crippen molar-refractivity contribution in [1.82, 2.24) is 4.90 Å². The maximum atomic E-state index is 13.7. The molecule has 3 aromatic rings. The molecule has 1 atom stereocenters. The minimum absolute atomic E-state index is 0.113. The van der Waals surface area contributed by atoms with Crippen LogP contribution >= 0.6 is 11.6 Å². The minimum Gasteiger partial charge on any atom is -0.497 e. The first-order chi connectivity index (χ1) is 17.8. The maximum absolute atomic E-state index is 13.7. The van der Waals surface area contributed by atoms with Crippen molar-refractivity contribution < 1.29 is 23.9 Å². The second kappa shape index (κ2) is 11.3. The Morgan fingerprint density at radius 2 is 1.68 bits per heavy atom. The largest absolute Gasteiger partial charge is 0.497 e. The van der Waals surface area contributed by atoms with E-state index < -0.39 is 23.6 Å². The second-order valence-electron chi connectivity index (χ2n) is 8.53. The van der Waals surface area contributed by atoms with Crippen LogP contribution < -0.4 is 15.0 Å². The van der Waals surface area contributed by atoms with Crippen molar-refractivity contribution in [3.63, 3.8) is 0 Å². The first-order valence-electron chi connectivity index (χ1n) is 11.8. The summed E-state index contributed by atoms with van der Waals surface area (Å²) in [5.41, 5.74) is 1.96. The molecular weight excluding hydrogens is 494 g/mol. The van der Waals surface area contributed by atoms with Crippen molar-refractivity contribution in [3.05, 3.63) is 88.9 Å². The van der Waals surface area contributed by atoms with Gasteiger partial charge < -0.3 is 15.0 Å². The van der Waals surface area contributed by atoms with Crippen LogP contribution in [0.3, 0.4) is 0 Å². The summed E-state index contributed by atoms with van der Waals surface area (Å²) in [5.74, 6) is -1.62. The molecule has 0 fully saturated rings. The van der Waals surface area contributed by atoms with E-state index in [-0.39, 0.29) is 24.6 Å². The molecule has 190 valence electrons. The molecule has 9 heteroatoms. The first kappa shape index (κ1) is 25.9. The molecule has 4 rings (SSSR count). The van der Waals surface area contributed by atoms with E-state index in [1.807, 2.05) is 0 Å². The molecule has 8 nitrogen and oxygen atoms in total. The quantitative estimate of drug-likeness (QED) is 0.425. The fourth-order valence-electron chi connectivity index (χ4n) is 4.24. The summed E-state index contributed by atoms with van der Waals surface area (Å²) in [4.78, 5) is 54.7. The van der Waals surface area contributed by atoms with Crippen molar-refractivity contribution in [2.24, 2.45) is 0 Å². The number of hydrogen-bond donors (Lipinski definition) is 1. The van der Waals surface area contributed by atoms with E-state index in [1.54, 1.807) is 86.8 Å². The zero-order chi connectivity index (χ0) is 26.5. The lowest BCUT2D eigenvalue weighted by Crippen LogP contribution is -2.50. The van der Waals surface area contributed by atoms with Crippen LogP contribution in [0.5, 0.6) is 5.75 Å². The number of fused-ring (bicyclic) bond motifs is 1. The van der Waals surface area contributed by atoms with Crippen LogP contribution in [0.1, 0.15) is 29.3 Å². The number of Topliss-reactive ketones (excluding diaryl/α,β-unsaturated/α-hetero) is 1. The van der Waals surface area contributed by atoms with Gasteiger partial charge in [-0.05, 0) is 60.5 Å². The van der Waals surface area contributed by atoms with E-state index in [9.17, 15) is 19.2 Å². The van der Waals surface area contributed by atoms with Crippen molar-refractivity contribution in [3.8, 4) is 5.75 Å². The normalized spacial score (nSPS) is 13.2. The van der Waals surface area contributed by atoms with Crippen LogP contribution in [0.4, 0.5) is 11.4 Å². The van der Waals surface area contributed by atoms with E-state index in [2.05, 4.69) is 5.32 Å². The number of amides is 3. The van der Waals surface area contributed by atoms with E-state index in [0.717, 1.165) is 5.56 Å². The van der Waals surface area contributed by atoms with Crippen LogP contribution in [0.25, 0.3) is 0 Å². The van der Waals surface area contributed by atoms with E-state index in [4.69, 9.17) is 16.3 Å². The Labute approximate surface area is 219 Å². The van der Waals surface area contributed by atoms with Gasteiger partial charge in [0.05, 0.1) is 18.4 Å². The molecule has 0 aliphatic carbocycles. The Morgan fingerprint density at radius 3 is 2.32 bits per heavy atom. The van der Waals surface area contributed by atoms with Gasteiger partial charge in [-0.1, -0.05) is 42.8 Å². The summed E-state index contributed by atoms with van der Waals surface area (Å²) < 4.78 is 5.16. The molecule has 0 spiro atoms. The van der Waals surface area contributed by atoms with Crippen LogP contribution in [0.2, 0.25) is 5.02 Å². The number of ketones is 1. The Bertz CT molecular complexity index is 1320. The monoisotopic (exact) mass is 519 g/mol. The highest BCUT2D eigenvalue weighted by molar-refractivity contribution is 6.52. The van der Waals surface area contributed by atoms with Crippen molar-refractivity contribution in [1.29, 1.82) is 0 Å². The fraction of sp³-hybridized carbons (Fsp3) is 0.214. The van der Waals surface area contributed by atoms with Gasteiger partial charge in [0.2, 0.25) is 11.8 Å². The van der Waals surface area contributed by atoms with Gasteiger partial charge in [0.25, 0.3) is 11.7 Å². The topological polar surface area (TPSA) is 96.0 Å². The van der Waals surface area contributed by atoms with Gasteiger partial charge in [-0.15, -0.1) is 0 Å². The lowest BCUT2D eigenvalue weighted by molar-refractivity contribution is -0.138. The SMILES string of the molecule is CC[C@H](C(=O)Nc1ccc(OC)cc1)N(Cc1ccc(Cl)cc1)C(=O)CN1C(=O)C(=O)c2ccccc21. The average molecular weight is 520 g/mol. The van der Waals surface area contributed by atoms with Gasteiger partial charge in [0.1, 0.15) is 18.3 Å². The number of anilines is 2. The summed E-state index contributed by atoms with van der Waals surface area (Å²) in [5, 5.41) is 3.40. The molecule has 0 radical (unpaired) electrons. The number of carbonyl (C=O) groups is 4. The van der Waals surface area contributed by atoms with Crippen LogP contribution in [-0.4, -0.2) is 48.1 Å². The Morgan fingerprint density at radius 1 is 1.00 bits per heavy atom. The number of ether oxygens (including phenoxy) is 1. The predicted molar refractivity (Wildman–Crippen MR) is 141 cm³/mol. The van der Waals surface area contributed by atoms with Crippen LogP contribution in [0, 0.1) is 0 Å². The number of para-hydroxylation sites is 1. The molecule has 1 heterocycles. The summed E-state index contributed by atoms with van der Waals surface area (Å²) >= 11 is 6.02. The van der Waals surface area contributed by atoms with Gasteiger partial charge >= 0.3 is 0 Å². The molecule has 3 amide bonds. The summed E-state index contributed by atoms with van der Waals surface area (Å²) in [7, 11) is 1.55. The average Bonchev–Trinajstić information content (AvgIpc) is 3.15. The number of benzene rings is 3. The molecule has 0 unspecified atom stereocenters. The maximum Gasteiger partial charge on any atom is 0.299 e.